The molecule has 0 amide bonds. The zero-order chi connectivity index (χ0) is 18.5. The molecule has 27 heavy (non-hydrogen) atoms. The van der Waals surface area contributed by atoms with Gasteiger partial charge in [-0.05, 0) is 24.8 Å². The van der Waals surface area contributed by atoms with Gasteiger partial charge in [0.05, 0.1) is 12.7 Å². The zero-order valence-corrected chi connectivity index (χ0v) is 15.2. The number of nitrogens with zero attached hydrogens (tertiary/aromatic N) is 4. The monoisotopic (exact) mass is 363 g/mol. The lowest BCUT2D eigenvalue weighted by Crippen LogP contribution is -2.40. The van der Waals surface area contributed by atoms with Gasteiger partial charge in [-0.15, -0.1) is 5.10 Å². The van der Waals surface area contributed by atoms with Gasteiger partial charge in [0.15, 0.2) is 5.65 Å². The van der Waals surface area contributed by atoms with Gasteiger partial charge in [0, 0.05) is 18.2 Å². The Kier molecular flexibility index (Phi) is 3.56. The van der Waals surface area contributed by atoms with Crippen LogP contribution in [0.25, 0.3) is 16.7 Å². The minimum Gasteiger partial charge on any atom is -0.341 e. The van der Waals surface area contributed by atoms with Crippen molar-refractivity contribution in [2.45, 2.75) is 45.2 Å². The van der Waals surface area contributed by atoms with Crippen molar-refractivity contribution in [1.82, 2.24) is 23.7 Å². The quantitative estimate of drug-likeness (QED) is 0.592. The van der Waals surface area contributed by atoms with Crippen molar-refractivity contribution in [3.05, 3.63) is 68.6 Å². The first kappa shape index (κ1) is 16.1. The highest BCUT2D eigenvalue weighted by Gasteiger charge is 2.27. The first-order chi connectivity index (χ1) is 13.2. The van der Waals surface area contributed by atoms with E-state index < -0.39 is 0 Å². The van der Waals surface area contributed by atoms with E-state index in [0.717, 1.165) is 11.3 Å². The molecule has 5 rings (SSSR count). The van der Waals surface area contributed by atoms with E-state index in [2.05, 4.69) is 10.1 Å². The van der Waals surface area contributed by atoms with Crippen LogP contribution in [0.4, 0.5) is 0 Å². The number of benzene rings is 1. The summed E-state index contributed by atoms with van der Waals surface area (Å²) < 4.78 is 4.67. The SMILES string of the molecule is CCCn1c(=O)c2c(nn3cc(C4CC4)[nH]c23)n(Cc2ccccc2)c1=O. The molecule has 1 N–H and O–H groups in total. The Balaban J connectivity index is 1.80. The van der Waals surface area contributed by atoms with Gasteiger partial charge in [-0.1, -0.05) is 37.3 Å². The highest BCUT2D eigenvalue weighted by molar-refractivity contribution is 5.89. The Morgan fingerprint density at radius 3 is 2.63 bits per heavy atom. The Labute approximate surface area is 154 Å². The maximum atomic E-state index is 13.1. The van der Waals surface area contributed by atoms with Crippen molar-refractivity contribution in [3.8, 4) is 0 Å². The summed E-state index contributed by atoms with van der Waals surface area (Å²) in [7, 11) is 0. The Morgan fingerprint density at radius 2 is 1.93 bits per heavy atom. The first-order valence-electron chi connectivity index (χ1n) is 9.46. The molecule has 1 saturated carbocycles. The Hall–Kier alpha value is -3.09. The molecular formula is C20H21N5O2. The van der Waals surface area contributed by atoms with E-state index in [9.17, 15) is 9.59 Å². The number of H-pyrrole nitrogens is 1. The molecule has 1 aromatic carbocycles. The van der Waals surface area contributed by atoms with Crippen molar-refractivity contribution < 1.29 is 0 Å². The van der Waals surface area contributed by atoms with E-state index in [-0.39, 0.29) is 11.2 Å². The summed E-state index contributed by atoms with van der Waals surface area (Å²) in [4.78, 5) is 29.5. The normalized spacial score (nSPS) is 14.4. The van der Waals surface area contributed by atoms with Gasteiger partial charge in [0.1, 0.15) is 11.0 Å². The molecule has 3 aromatic heterocycles. The van der Waals surface area contributed by atoms with Gasteiger partial charge in [-0.2, -0.15) is 0 Å². The first-order valence-corrected chi connectivity index (χ1v) is 9.46. The van der Waals surface area contributed by atoms with Crippen LogP contribution in [0.5, 0.6) is 0 Å². The number of fused-ring (bicyclic) bond motifs is 3. The fourth-order valence-electron chi connectivity index (χ4n) is 3.71. The lowest BCUT2D eigenvalue weighted by Gasteiger charge is -2.10. The smallest absolute Gasteiger partial charge is 0.333 e. The van der Waals surface area contributed by atoms with E-state index in [0.29, 0.717) is 42.1 Å². The Bertz CT molecular complexity index is 1250. The number of rotatable bonds is 5. The van der Waals surface area contributed by atoms with Crippen molar-refractivity contribution in [3.63, 3.8) is 0 Å². The van der Waals surface area contributed by atoms with Crippen molar-refractivity contribution in [2.24, 2.45) is 0 Å². The molecular weight excluding hydrogens is 342 g/mol. The summed E-state index contributed by atoms with van der Waals surface area (Å²) in [5.41, 5.74) is 2.67. The Morgan fingerprint density at radius 1 is 1.15 bits per heavy atom. The second-order valence-electron chi connectivity index (χ2n) is 7.29. The molecule has 1 fully saturated rings. The van der Waals surface area contributed by atoms with Crippen LogP contribution in [0.1, 0.15) is 43.4 Å². The molecule has 0 unspecified atom stereocenters. The second kappa shape index (κ2) is 5.97. The maximum Gasteiger partial charge on any atom is 0.333 e. The van der Waals surface area contributed by atoms with Crippen molar-refractivity contribution in [1.29, 1.82) is 0 Å². The minimum absolute atomic E-state index is 0.264. The highest BCUT2D eigenvalue weighted by atomic mass is 16.2. The summed E-state index contributed by atoms with van der Waals surface area (Å²) in [5.74, 6) is 0.537. The lowest BCUT2D eigenvalue weighted by atomic mass is 10.2. The van der Waals surface area contributed by atoms with Crippen molar-refractivity contribution >= 4 is 16.7 Å². The number of aromatic amines is 1. The number of nitrogens with one attached hydrogen (secondary N) is 1. The van der Waals surface area contributed by atoms with Gasteiger partial charge < -0.3 is 4.98 Å². The van der Waals surface area contributed by atoms with Crippen LogP contribution < -0.4 is 11.2 Å². The van der Waals surface area contributed by atoms with Crippen LogP contribution in [-0.2, 0) is 13.1 Å². The molecule has 0 atom stereocenters. The molecule has 138 valence electrons. The lowest BCUT2D eigenvalue weighted by molar-refractivity contribution is 0.579. The fraction of sp³-hybridized carbons (Fsp3) is 0.350. The second-order valence-corrected chi connectivity index (χ2v) is 7.29. The van der Waals surface area contributed by atoms with Gasteiger partial charge in [-0.25, -0.2) is 9.31 Å². The maximum absolute atomic E-state index is 13.1. The summed E-state index contributed by atoms with van der Waals surface area (Å²) in [5, 5.41) is 5.09. The van der Waals surface area contributed by atoms with Crippen LogP contribution in [0.15, 0.2) is 46.1 Å². The van der Waals surface area contributed by atoms with Gasteiger partial charge in [0.25, 0.3) is 5.56 Å². The third kappa shape index (κ3) is 2.53. The molecule has 0 bridgehead atoms. The van der Waals surface area contributed by atoms with E-state index >= 15 is 0 Å². The number of hydrogen-bond donors (Lipinski definition) is 1. The molecule has 0 saturated heterocycles. The van der Waals surface area contributed by atoms with Crippen LogP contribution in [0.3, 0.4) is 0 Å². The molecule has 3 heterocycles. The third-order valence-electron chi connectivity index (χ3n) is 5.24. The summed E-state index contributed by atoms with van der Waals surface area (Å²) >= 11 is 0. The molecule has 0 spiro atoms. The van der Waals surface area contributed by atoms with Gasteiger partial charge in [-0.3, -0.25) is 13.9 Å². The molecule has 7 nitrogen and oxygen atoms in total. The van der Waals surface area contributed by atoms with E-state index in [1.165, 1.54) is 17.4 Å². The van der Waals surface area contributed by atoms with Gasteiger partial charge in [0.2, 0.25) is 0 Å². The van der Waals surface area contributed by atoms with E-state index in [4.69, 9.17) is 0 Å². The predicted octanol–water partition coefficient (Wildman–Crippen LogP) is 2.47. The van der Waals surface area contributed by atoms with E-state index in [1.807, 2.05) is 43.5 Å². The van der Waals surface area contributed by atoms with E-state index in [1.54, 1.807) is 9.08 Å². The summed E-state index contributed by atoms with van der Waals surface area (Å²) in [6.07, 6.45) is 5.00. The minimum atomic E-state index is -0.304. The molecule has 0 radical (unpaired) electrons. The average Bonchev–Trinajstić information content (AvgIpc) is 3.35. The fourth-order valence-corrected chi connectivity index (χ4v) is 3.71. The number of imidazole rings is 1. The predicted molar refractivity (Wildman–Crippen MR) is 103 cm³/mol. The average molecular weight is 363 g/mol. The van der Waals surface area contributed by atoms with Gasteiger partial charge >= 0.3 is 5.69 Å². The summed E-state index contributed by atoms with van der Waals surface area (Å²) in [6, 6.07) is 9.78. The molecule has 1 aliphatic rings. The van der Waals surface area contributed by atoms with Crippen LogP contribution >= 0.6 is 0 Å². The molecule has 1 aliphatic carbocycles. The zero-order valence-electron chi connectivity index (χ0n) is 15.2. The standard InChI is InChI=1S/C20H21N5O2/c1-2-10-23-19(26)16-17-21-15(14-8-9-14)12-25(17)22-18(16)24(20(23)27)11-13-6-4-3-5-7-13/h3-7,12,14,21H,2,8-11H2,1H3. The molecule has 4 aromatic rings. The van der Waals surface area contributed by atoms with Crippen molar-refractivity contribution in [2.75, 3.05) is 0 Å². The highest BCUT2D eigenvalue weighted by Crippen LogP contribution is 2.39. The van der Waals surface area contributed by atoms with Crippen LogP contribution in [-0.4, -0.2) is 23.7 Å². The van der Waals surface area contributed by atoms with Crippen LogP contribution in [0, 0.1) is 0 Å². The largest absolute Gasteiger partial charge is 0.341 e. The topological polar surface area (TPSA) is 77.1 Å². The number of hydrogen-bond acceptors (Lipinski definition) is 3. The molecule has 7 heteroatoms. The summed E-state index contributed by atoms with van der Waals surface area (Å²) in [6.45, 7) is 2.75. The molecule has 0 aliphatic heterocycles. The number of aromatic nitrogens is 5. The third-order valence-corrected chi connectivity index (χ3v) is 5.24. The van der Waals surface area contributed by atoms with Crippen LogP contribution in [0.2, 0.25) is 0 Å².